The maximum absolute atomic E-state index is 6.00. The molecule has 0 saturated heterocycles. The average Bonchev–Trinajstić information content (AvgIpc) is 2.86. The Labute approximate surface area is 114 Å². The monoisotopic (exact) mass is 259 g/mol. The van der Waals surface area contributed by atoms with Gasteiger partial charge in [-0.15, -0.1) is 0 Å². The first kappa shape index (κ1) is 13.6. The molecule has 2 N–H and O–H groups in total. The molecule has 1 aromatic heterocycles. The Bertz CT molecular complexity index is 522. The summed E-state index contributed by atoms with van der Waals surface area (Å²) in [5.41, 5.74) is 7.20. The van der Waals surface area contributed by atoms with Crippen LogP contribution in [-0.2, 0) is 13.0 Å². The van der Waals surface area contributed by atoms with Crippen molar-refractivity contribution < 1.29 is 4.74 Å². The summed E-state index contributed by atoms with van der Waals surface area (Å²) in [7, 11) is 1.68. The maximum atomic E-state index is 6.00. The number of nitrogens with two attached hydrogens (primary N) is 1. The summed E-state index contributed by atoms with van der Waals surface area (Å²) in [5, 5.41) is 0. The molecule has 2 aromatic rings. The van der Waals surface area contributed by atoms with Crippen molar-refractivity contribution in [2.45, 2.75) is 32.4 Å². The maximum Gasteiger partial charge on any atom is 0.119 e. The van der Waals surface area contributed by atoms with Gasteiger partial charge in [0.2, 0.25) is 0 Å². The molecule has 4 heteroatoms. The molecule has 0 bridgehead atoms. The first-order chi connectivity index (χ1) is 9.22. The molecule has 1 atom stereocenters. The van der Waals surface area contributed by atoms with E-state index in [1.807, 2.05) is 30.6 Å². The molecule has 0 spiro atoms. The molecule has 2 rings (SSSR count). The highest BCUT2D eigenvalue weighted by molar-refractivity contribution is 5.28. The van der Waals surface area contributed by atoms with Crippen LogP contribution in [0.25, 0.3) is 0 Å². The molecule has 0 fully saturated rings. The third-order valence-corrected chi connectivity index (χ3v) is 3.26. The SMILES string of the molecule is CCC(N)Cc1nccn1Cc1cccc(OC)c1. The Hall–Kier alpha value is -1.81. The van der Waals surface area contributed by atoms with Crippen molar-refractivity contribution in [2.75, 3.05) is 7.11 Å². The van der Waals surface area contributed by atoms with Crippen LogP contribution in [0.15, 0.2) is 36.7 Å². The Balaban J connectivity index is 2.12. The van der Waals surface area contributed by atoms with Gasteiger partial charge in [-0.1, -0.05) is 19.1 Å². The second-order valence-corrected chi connectivity index (χ2v) is 4.70. The number of imidazole rings is 1. The van der Waals surface area contributed by atoms with E-state index in [9.17, 15) is 0 Å². The lowest BCUT2D eigenvalue weighted by molar-refractivity contribution is 0.414. The highest BCUT2D eigenvalue weighted by Gasteiger charge is 2.08. The van der Waals surface area contributed by atoms with E-state index in [2.05, 4.69) is 22.5 Å². The minimum atomic E-state index is 0.173. The largest absolute Gasteiger partial charge is 0.497 e. The summed E-state index contributed by atoms with van der Waals surface area (Å²) in [6.07, 6.45) is 5.61. The van der Waals surface area contributed by atoms with Crippen LogP contribution in [0.2, 0.25) is 0 Å². The first-order valence-corrected chi connectivity index (χ1v) is 6.61. The molecule has 0 aliphatic rings. The minimum Gasteiger partial charge on any atom is -0.497 e. The van der Waals surface area contributed by atoms with Gasteiger partial charge in [0.1, 0.15) is 11.6 Å². The topological polar surface area (TPSA) is 53.1 Å². The molecule has 102 valence electrons. The second-order valence-electron chi connectivity index (χ2n) is 4.70. The summed E-state index contributed by atoms with van der Waals surface area (Å²) in [5.74, 6) is 1.92. The number of methoxy groups -OCH3 is 1. The summed E-state index contributed by atoms with van der Waals surface area (Å²) in [6.45, 7) is 2.89. The molecule has 0 aliphatic heterocycles. The van der Waals surface area contributed by atoms with E-state index in [-0.39, 0.29) is 6.04 Å². The average molecular weight is 259 g/mol. The first-order valence-electron chi connectivity index (χ1n) is 6.61. The zero-order chi connectivity index (χ0) is 13.7. The molecule has 1 heterocycles. The van der Waals surface area contributed by atoms with Gasteiger partial charge in [0.25, 0.3) is 0 Å². The fourth-order valence-corrected chi connectivity index (χ4v) is 2.02. The minimum absolute atomic E-state index is 0.173. The predicted molar refractivity (Wildman–Crippen MR) is 76.3 cm³/mol. The molecule has 1 aromatic carbocycles. The molecule has 4 nitrogen and oxygen atoms in total. The van der Waals surface area contributed by atoms with Crippen molar-refractivity contribution in [3.05, 3.63) is 48.0 Å². The lowest BCUT2D eigenvalue weighted by Crippen LogP contribution is -2.23. The number of rotatable bonds is 6. The van der Waals surface area contributed by atoms with Crippen molar-refractivity contribution in [2.24, 2.45) is 5.73 Å². The van der Waals surface area contributed by atoms with E-state index >= 15 is 0 Å². The fraction of sp³-hybridized carbons (Fsp3) is 0.400. The van der Waals surface area contributed by atoms with Crippen LogP contribution < -0.4 is 10.5 Å². The predicted octanol–water partition coefficient (Wildman–Crippen LogP) is 2.22. The quantitative estimate of drug-likeness (QED) is 0.865. The van der Waals surface area contributed by atoms with Crippen LogP contribution in [0.1, 0.15) is 24.7 Å². The lowest BCUT2D eigenvalue weighted by Gasteiger charge is -2.12. The van der Waals surface area contributed by atoms with Gasteiger partial charge >= 0.3 is 0 Å². The number of aromatic nitrogens is 2. The Morgan fingerprint density at radius 2 is 2.26 bits per heavy atom. The second kappa shape index (κ2) is 6.38. The lowest BCUT2D eigenvalue weighted by atomic mass is 10.1. The smallest absolute Gasteiger partial charge is 0.119 e. The van der Waals surface area contributed by atoms with Gasteiger partial charge in [0, 0.05) is 31.4 Å². The number of hydrogen-bond acceptors (Lipinski definition) is 3. The van der Waals surface area contributed by atoms with Gasteiger partial charge in [-0.05, 0) is 24.1 Å². The third-order valence-electron chi connectivity index (χ3n) is 3.26. The number of hydrogen-bond donors (Lipinski definition) is 1. The van der Waals surface area contributed by atoms with E-state index in [1.165, 1.54) is 5.56 Å². The van der Waals surface area contributed by atoms with Crippen LogP contribution in [-0.4, -0.2) is 22.7 Å². The van der Waals surface area contributed by atoms with Crippen molar-refractivity contribution in [3.8, 4) is 5.75 Å². The molecular weight excluding hydrogens is 238 g/mol. The summed E-state index contributed by atoms with van der Waals surface area (Å²) < 4.78 is 7.38. The van der Waals surface area contributed by atoms with Crippen molar-refractivity contribution in [3.63, 3.8) is 0 Å². The van der Waals surface area contributed by atoms with Gasteiger partial charge in [0.15, 0.2) is 0 Å². The zero-order valence-corrected chi connectivity index (χ0v) is 11.5. The normalized spacial score (nSPS) is 12.4. The molecular formula is C15H21N3O. The van der Waals surface area contributed by atoms with Gasteiger partial charge in [0.05, 0.1) is 7.11 Å². The summed E-state index contributed by atoms with van der Waals surface area (Å²) >= 11 is 0. The van der Waals surface area contributed by atoms with Gasteiger partial charge in [-0.3, -0.25) is 0 Å². The number of benzene rings is 1. The number of ether oxygens (including phenoxy) is 1. The third kappa shape index (κ3) is 3.58. The van der Waals surface area contributed by atoms with Crippen molar-refractivity contribution >= 4 is 0 Å². The van der Waals surface area contributed by atoms with Crippen LogP contribution in [0.4, 0.5) is 0 Å². The summed E-state index contributed by atoms with van der Waals surface area (Å²) in [4.78, 5) is 4.39. The molecule has 1 unspecified atom stereocenters. The van der Waals surface area contributed by atoms with Crippen LogP contribution in [0.5, 0.6) is 5.75 Å². The van der Waals surface area contributed by atoms with E-state index in [4.69, 9.17) is 10.5 Å². The van der Waals surface area contributed by atoms with Gasteiger partial charge in [-0.2, -0.15) is 0 Å². The number of nitrogens with zero attached hydrogens (tertiary/aromatic N) is 2. The standard InChI is InChI=1S/C15H21N3O/c1-3-13(16)10-15-17-7-8-18(15)11-12-5-4-6-14(9-12)19-2/h4-9,13H,3,10-11,16H2,1-2H3. The molecule has 0 saturated carbocycles. The van der Waals surface area contributed by atoms with Gasteiger partial charge in [-0.25, -0.2) is 4.98 Å². The van der Waals surface area contributed by atoms with E-state index < -0.39 is 0 Å². The summed E-state index contributed by atoms with van der Waals surface area (Å²) in [6, 6.07) is 8.26. The molecule has 0 radical (unpaired) electrons. The van der Waals surface area contributed by atoms with Crippen molar-refractivity contribution in [1.29, 1.82) is 0 Å². The zero-order valence-electron chi connectivity index (χ0n) is 11.5. The fourth-order valence-electron chi connectivity index (χ4n) is 2.02. The molecule has 0 amide bonds. The van der Waals surface area contributed by atoms with Crippen LogP contribution >= 0.6 is 0 Å². The Kier molecular flexibility index (Phi) is 4.58. The Morgan fingerprint density at radius 3 is 3.00 bits per heavy atom. The van der Waals surface area contributed by atoms with Crippen LogP contribution in [0.3, 0.4) is 0 Å². The van der Waals surface area contributed by atoms with Gasteiger partial charge < -0.3 is 15.0 Å². The Morgan fingerprint density at radius 1 is 1.42 bits per heavy atom. The van der Waals surface area contributed by atoms with E-state index in [0.29, 0.717) is 0 Å². The molecule has 0 aliphatic carbocycles. The highest BCUT2D eigenvalue weighted by Crippen LogP contribution is 2.14. The molecule has 19 heavy (non-hydrogen) atoms. The van der Waals surface area contributed by atoms with E-state index in [1.54, 1.807) is 7.11 Å². The van der Waals surface area contributed by atoms with E-state index in [0.717, 1.165) is 31.0 Å². The highest BCUT2D eigenvalue weighted by atomic mass is 16.5. The van der Waals surface area contributed by atoms with Crippen molar-refractivity contribution in [1.82, 2.24) is 9.55 Å². The van der Waals surface area contributed by atoms with Crippen LogP contribution in [0, 0.1) is 0 Å².